The average molecular weight is 437 g/mol. The van der Waals surface area contributed by atoms with E-state index in [2.05, 4.69) is 10.3 Å². The van der Waals surface area contributed by atoms with E-state index in [9.17, 15) is 20.2 Å². The van der Waals surface area contributed by atoms with Gasteiger partial charge in [0.2, 0.25) is 5.75 Å². The summed E-state index contributed by atoms with van der Waals surface area (Å²) >= 11 is 0. The normalized spacial score (nSPS) is 11.2. The first-order valence-corrected chi connectivity index (χ1v) is 9.20. The number of nitro groups is 1. The molecule has 0 bridgehead atoms. The molecule has 32 heavy (non-hydrogen) atoms. The Morgan fingerprint density at radius 2 is 1.88 bits per heavy atom. The number of carbonyl (C=O) groups is 1. The van der Waals surface area contributed by atoms with E-state index in [1.54, 1.807) is 18.3 Å². The van der Waals surface area contributed by atoms with Crippen molar-refractivity contribution in [1.82, 2.24) is 14.9 Å². The molecule has 164 valence electrons. The number of nitrogens with zero attached hydrogens (tertiary/aromatic N) is 4. The van der Waals surface area contributed by atoms with E-state index in [1.807, 2.05) is 6.07 Å². The first kappa shape index (κ1) is 22.1. The minimum Gasteiger partial charge on any atom is -0.493 e. The van der Waals surface area contributed by atoms with Crippen LogP contribution in [-0.4, -0.2) is 41.7 Å². The van der Waals surface area contributed by atoms with Crippen LogP contribution < -0.4 is 19.5 Å². The van der Waals surface area contributed by atoms with Gasteiger partial charge in [0, 0.05) is 24.0 Å². The lowest BCUT2D eigenvalue weighted by Gasteiger charge is -2.17. The molecule has 1 N–H and O–H groups in total. The zero-order chi connectivity index (χ0) is 23.3. The van der Waals surface area contributed by atoms with Gasteiger partial charge in [-0.05, 0) is 29.8 Å². The molecular weight excluding hydrogens is 418 g/mol. The zero-order valence-corrected chi connectivity index (χ0v) is 17.4. The summed E-state index contributed by atoms with van der Waals surface area (Å²) in [7, 11) is 4.31. The van der Waals surface area contributed by atoms with Gasteiger partial charge in [-0.3, -0.25) is 14.9 Å². The summed E-state index contributed by atoms with van der Waals surface area (Å²) in [6.07, 6.45) is 4.45. The molecule has 2 aromatic carbocycles. The van der Waals surface area contributed by atoms with E-state index >= 15 is 0 Å². The van der Waals surface area contributed by atoms with Crippen LogP contribution in [0.4, 0.5) is 5.69 Å². The maximum absolute atomic E-state index is 12.8. The molecule has 0 aliphatic carbocycles. The van der Waals surface area contributed by atoms with E-state index < -0.39 is 16.9 Å². The fraction of sp³-hybridized carbons (Fsp3) is 0.190. The van der Waals surface area contributed by atoms with Gasteiger partial charge in [0.1, 0.15) is 11.7 Å². The Labute approximate surface area is 182 Å². The van der Waals surface area contributed by atoms with Crippen LogP contribution in [-0.2, 0) is 0 Å². The monoisotopic (exact) mass is 437 g/mol. The highest BCUT2D eigenvalue weighted by Gasteiger charge is 2.23. The second-order valence-corrected chi connectivity index (χ2v) is 6.42. The summed E-state index contributed by atoms with van der Waals surface area (Å²) in [6.45, 7) is 0. The first-order valence-electron chi connectivity index (χ1n) is 9.20. The molecule has 0 radical (unpaired) electrons. The predicted octanol–water partition coefficient (Wildman–Crippen LogP) is 2.80. The van der Waals surface area contributed by atoms with Crippen molar-refractivity contribution in [2.75, 3.05) is 21.3 Å². The van der Waals surface area contributed by atoms with Crippen molar-refractivity contribution in [3.05, 3.63) is 70.3 Å². The molecule has 3 rings (SSSR count). The number of hydrogen-bond donors (Lipinski definition) is 1. The second-order valence-electron chi connectivity index (χ2n) is 6.42. The van der Waals surface area contributed by atoms with Crippen molar-refractivity contribution in [3.63, 3.8) is 0 Å². The molecule has 1 amide bonds. The molecule has 1 aromatic heterocycles. The van der Waals surface area contributed by atoms with Crippen LogP contribution in [0.5, 0.6) is 17.2 Å². The van der Waals surface area contributed by atoms with Crippen molar-refractivity contribution in [3.8, 4) is 29.0 Å². The molecule has 0 saturated heterocycles. The van der Waals surface area contributed by atoms with Gasteiger partial charge < -0.3 is 24.1 Å². The summed E-state index contributed by atoms with van der Waals surface area (Å²) in [5, 5.41) is 23.8. The number of nitriles is 1. The lowest BCUT2D eigenvalue weighted by Crippen LogP contribution is -2.27. The molecule has 1 unspecified atom stereocenters. The quantitative estimate of drug-likeness (QED) is 0.419. The predicted molar refractivity (Wildman–Crippen MR) is 112 cm³/mol. The Morgan fingerprint density at radius 3 is 2.38 bits per heavy atom. The van der Waals surface area contributed by atoms with E-state index in [0.717, 1.165) is 6.07 Å². The summed E-state index contributed by atoms with van der Waals surface area (Å²) in [4.78, 5) is 27.6. The van der Waals surface area contributed by atoms with Crippen LogP contribution in [0.3, 0.4) is 0 Å². The molecule has 11 heteroatoms. The molecule has 0 aliphatic rings. The van der Waals surface area contributed by atoms with Gasteiger partial charge in [0.05, 0.1) is 38.6 Å². The molecule has 1 heterocycles. The van der Waals surface area contributed by atoms with Crippen molar-refractivity contribution in [2.24, 2.45) is 0 Å². The Morgan fingerprint density at radius 1 is 1.19 bits per heavy atom. The molecular formula is C21H19N5O6. The maximum Gasteiger partial charge on any atom is 0.294 e. The molecule has 0 spiro atoms. The molecule has 3 aromatic rings. The van der Waals surface area contributed by atoms with Gasteiger partial charge in [-0.25, -0.2) is 4.98 Å². The third-order valence-corrected chi connectivity index (χ3v) is 4.64. The van der Waals surface area contributed by atoms with Crippen LogP contribution in [0.2, 0.25) is 0 Å². The fourth-order valence-electron chi connectivity index (χ4n) is 3.10. The number of nitrogens with one attached hydrogen (secondary N) is 1. The highest BCUT2D eigenvalue weighted by Crippen LogP contribution is 2.39. The lowest BCUT2D eigenvalue weighted by molar-refractivity contribution is -0.384. The van der Waals surface area contributed by atoms with E-state index in [0.29, 0.717) is 22.8 Å². The van der Waals surface area contributed by atoms with Crippen LogP contribution >= 0.6 is 0 Å². The largest absolute Gasteiger partial charge is 0.493 e. The minimum atomic E-state index is -1.08. The highest BCUT2D eigenvalue weighted by atomic mass is 16.6. The van der Waals surface area contributed by atoms with Crippen LogP contribution in [0, 0.1) is 21.4 Å². The minimum absolute atomic E-state index is 0.0215. The number of methoxy groups -OCH3 is 3. The van der Waals surface area contributed by atoms with Gasteiger partial charge in [0.25, 0.3) is 11.6 Å². The maximum atomic E-state index is 12.8. The topological polar surface area (TPSA) is 142 Å². The van der Waals surface area contributed by atoms with Crippen molar-refractivity contribution in [1.29, 1.82) is 5.26 Å². The van der Waals surface area contributed by atoms with Crippen LogP contribution in [0.15, 0.2) is 49.1 Å². The number of carbonyl (C=O) groups excluding carboxylic acids is 1. The summed E-state index contributed by atoms with van der Waals surface area (Å²) < 4.78 is 17.3. The van der Waals surface area contributed by atoms with Gasteiger partial charge >= 0.3 is 0 Å². The Kier molecular flexibility index (Phi) is 6.55. The molecule has 1 atom stereocenters. The third kappa shape index (κ3) is 4.29. The molecule has 0 aliphatic heterocycles. The summed E-state index contributed by atoms with van der Waals surface area (Å²) in [5.41, 5.74) is 0.385. The SMILES string of the molecule is COc1cc(C(C#N)NC(=O)c2ccc(-n3ccnc3)c([N+](=O)[O-])c2)cc(OC)c1OC. The Balaban J connectivity index is 1.93. The van der Waals surface area contributed by atoms with E-state index in [1.165, 1.54) is 50.6 Å². The van der Waals surface area contributed by atoms with Crippen LogP contribution in [0.1, 0.15) is 22.0 Å². The van der Waals surface area contributed by atoms with E-state index in [4.69, 9.17) is 14.2 Å². The summed E-state index contributed by atoms with van der Waals surface area (Å²) in [6, 6.07) is 8.02. The average Bonchev–Trinajstić information content (AvgIpc) is 3.35. The number of ether oxygens (including phenoxy) is 3. The van der Waals surface area contributed by atoms with Crippen molar-refractivity contribution >= 4 is 11.6 Å². The summed E-state index contributed by atoms with van der Waals surface area (Å²) in [5.74, 6) is 0.311. The highest BCUT2D eigenvalue weighted by molar-refractivity contribution is 5.95. The molecule has 0 saturated carbocycles. The number of amides is 1. The number of hydrogen-bond acceptors (Lipinski definition) is 8. The number of benzene rings is 2. The third-order valence-electron chi connectivity index (χ3n) is 4.64. The molecule has 0 fully saturated rings. The van der Waals surface area contributed by atoms with Crippen LogP contribution in [0.25, 0.3) is 5.69 Å². The van der Waals surface area contributed by atoms with Crippen molar-refractivity contribution in [2.45, 2.75) is 6.04 Å². The van der Waals surface area contributed by atoms with Gasteiger partial charge in [-0.2, -0.15) is 5.26 Å². The van der Waals surface area contributed by atoms with Gasteiger partial charge in [-0.1, -0.05) is 0 Å². The lowest BCUT2D eigenvalue weighted by atomic mass is 10.1. The van der Waals surface area contributed by atoms with Gasteiger partial charge in [0.15, 0.2) is 11.5 Å². The number of imidazole rings is 1. The Hall–Kier alpha value is -4.59. The standard InChI is InChI=1S/C21H19N5O6/c1-30-18-9-14(10-19(31-2)20(18)32-3)15(11-22)24-21(27)13-4-5-16(17(8-13)26(28)29)25-7-6-23-12-25/h4-10,12,15H,1-3H3,(H,24,27). The van der Waals surface area contributed by atoms with Crippen molar-refractivity contribution < 1.29 is 23.9 Å². The van der Waals surface area contributed by atoms with Gasteiger partial charge in [-0.15, -0.1) is 0 Å². The molecule has 11 nitrogen and oxygen atoms in total. The second kappa shape index (κ2) is 9.48. The van der Waals surface area contributed by atoms with E-state index in [-0.39, 0.29) is 16.9 Å². The number of rotatable bonds is 8. The smallest absolute Gasteiger partial charge is 0.294 e. The Bertz CT molecular complexity index is 1160. The number of aromatic nitrogens is 2. The zero-order valence-electron chi connectivity index (χ0n) is 17.4. The first-order chi connectivity index (χ1) is 15.4. The number of nitro benzene ring substituents is 1. The fourth-order valence-corrected chi connectivity index (χ4v) is 3.10.